The molecule has 2 aliphatic heterocycles. The number of nitrogens with one attached hydrogen (secondary N) is 1. The number of carbonyl (C=O) groups is 3. The number of rotatable bonds is 6. The first-order valence-corrected chi connectivity index (χ1v) is 14.3. The van der Waals surface area contributed by atoms with E-state index in [1.807, 2.05) is 73.7 Å². The molecule has 4 aromatic carbocycles. The average Bonchev–Trinajstić information content (AvgIpc) is 2.99. The molecule has 0 saturated carbocycles. The van der Waals surface area contributed by atoms with Crippen molar-refractivity contribution in [3.63, 3.8) is 0 Å². The van der Waals surface area contributed by atoms with Crippen molar-refractivity contribution in [2.24, 2.45) is 0 Å². The van der Waals surface area contributed by atoms with Crippen LogP contribution in [0.1, 0.15) is 30.0 Å². The van der Waals surface area contributed by atoms with Crippen LogP contribution in [0.25, 0.3) is 10.8 Å². The summed E-state index contributed by atoms with van der Waals surface area (Å²) in [6, 6.07) is 29.1. The minimum absolute atomic E-state index is 0.133. The third kappa shape index (κ3) is 5.40. The molecule has 0 radical (unpaired) electrons. The number of hydrogen-bond donors (Lipinski definition) is 2. The second-order valence-corrected chi connectivity index (χ2v) is 11.1. The zero-order valence-electron chi connectivity index (χ0n) is 23.5. The standard InChI is InChI=1S/C34H34N4O4/c1-23-18-32(40)38-30(19-24-14-16-28(39)17-15-24)33(41)36(21-27-12-7-11-26-10-5-6-13-29(26)27)22-31(38)37(23)34(42)35-20-25-8-3-2-4-9-25/h2-17,23,30-31,39H,18-22H2,1H3,(H,35,42)/t23-,30-,31+/m0/s1. The molecule has 2 aliphatic rings. The van der Waals surface area contributed by atoms with E-state index in [4.69, 9.17) is 0 Å². The smallest absolute Gasteiger partial charge is 0.319 e. The minimum atomic E-state index is -0.785. The Hall–Kier alpha value is -4.85. The molecule has 2 N–H and O–H groups in total. The minimum Gasteiger partial charge on any atom is -0.508 e. The van der Waals surface area contributed by atoms with Crippen molar-refractivity contribution in [3.05, 3.63) is 114 Å². The second-order valence-electron chi connectivity index (χ2n) is 11.1. The topological polar surface area (TPSA) is 93.2 Å². The highest BCUT2D eigenvalue weighted by Crippen LogP contribution is 2.32. The summed E-state index contributed by atoms with van der Waals surface area (Å²) in [7, 11) is 0. The summed E-state index contributed by atoms with van der Waals surface area (Å²) < 4.78 is 0. The number of carbonyl (C=O) groups excluding carboxylic acids is 3. The van der Waals surface area contributed by atoms with Crippen LogP contribution in [0.5, 0.6) is 5.75 Å². The van der Waals surface area contributed by atoms with E-state index in [9.17, 15) is 19.5 Å². The summed E-state index contributed by atoms with van der Waals surface area (Å²) >= 11 is 0. The number of phenolic OH excluding ortho intramolecular Hbond substituents is 1. The Morgan fingerprint density at radius 2 is 1.60 bits per heavy atom. The summed E-state index contributed by atoms with van der Waals surface area (Å²) in [6.07, 6.45) is -0.203. The van der Waals surface area contributed by atoms with Crippen LogP contribution in [-0.2, 0) is 29.1 Å². The fourth-order valence-corrected chi connectivity index (χ4v) is 6.24. The molecular formula is C34H34N4O4. The van der Waals surface area contributed by atoms with Crippen molar-refractivity contribution in [1.29, 1.82) is 0 Å². The highest BCUT2D eigenvalue weighted by Gasteiger charge is 2.50. The second kappa shape index (κ2) is 11.6. The van der Waals surface area contributed by atoms with Gasteiger partial charge >= 0.3 is 6.03 Å². The molecule has 4 aromatic rings. The third-order valence-corrected chi connectivity index (χ3v) is 8.32. The Bertz CT molecular complexity index is 1600. The lowest BCUT2D eigenvalue weighted by Gasteiger charge is -2.54. The van der Waals surface area contributed by atoms with Gasteiger partial charge in [0.15, 0.2) is 0 Å². The van der Waals surface area contributed by atoms with Gasteiger partial charge in [0, 0.05) is 32.0 Å². The highest BCUT2D eigenvalue weighted by molar-refractivity contribution is 5.92. The van der Waals surface area contributed by atoms with Gasteiger partial charge in [-0.15, -0.1) is 0 Å². The zero-order valence-corrected chi connectivity index (χ0v) is 23.5. The number of piperazine rings is 1. The first-order chi connectivity index (χ1) is 20.4. The summed E-state index contributed by atoms with van der Waals surface area (Å²) in [6.45, 7) is 2.82. The lowest BCUT2D eigenvalue weighted by molar-refractivity contribution is -0.170. The summed E-state index contributed by atoms with van der Waals surface area (Å²) in [5.74, 6) is -0.158. The van der Waals surface area contributed by atoms with E-state index >= 15 is 0 Å². The molecule has 2 saturated heterocycles. The Kier molecular flexibility index (Phi) is 7.52. The lowest BCUT2D eigenvalue weighted by atomic mass is 9.95. The van der Waals surface area contributed by atoms with Crippen molar-refractivity contribution in [3.8, 4) is 5.75 Å². The zero-order chi connectivity index (χ0) is 29.2. The molecule has 0 aliphatic carbocycles. The molecule has 8 nitrogen and oxygen atoms in total. The van der Waals surface area contributed by atoms with E-state index in [-0.39, 0.29) is 49.0 Å². The van der Waals surface area contributed by atoms with Gasteiger partial charge in [0.25, 0.3) is 0 Å². The monoisotopic (exact) mass is 562 g/mol. The Morgan fingerprint density at radius 3 is 2.38 bits per heavy atom. The number of fused-ring (bicyclic) bond motifs is 2. The molecule has 2 fully saturated rings. The van der Waals surface area contributed by atoms with Gasteiger partial charge in [0.05, 0.1) is 6.54 Å². The first kappa shape index (κ1) is 27.3. The van der Waals surface area contributed by atoms with Crippen molar-refractivity contribution in [2.45, 2.75) is 51.1 Å². The van der Waals surface area contributed by atoms with Crippen molar-refractivity contribution < 1.29 is 19.5 Å². The fraction of sp³-hybridized carbons (Fsp3) is 0.265. The largest absolute Gasteiger partial charge is 0.508 e. The molecule has 4 amide bonds. The van der Waals surface area contributed by atoms with E-state index in [1.165, 1.54) is 0 Å². The first-order valence-electron chi connectivity index (χ1n) is 14.3. The van der Waals surface area contributed by atoms with Gasteiger partial charge in [-0.1, -0.05) is 84.9 Å². The molecule has 8 heteroatoms. The molecule has 214 valence electrons. The Balaban J connectivity index is 1.34. The third-order valence-electron chi connectivity index (χ3n) is 8.32. The molecule has 0 unspecified atom stereocenters. The molecule has 42 heavy (non-hydrogen) atoms. The number of benzene rings is 4. The predicted molar refractivity (Wildman–Crippen MR) is 160 cm³/mol. The van der Waals surface area contributed by atoms with Crippen molar-refractivity contribution >= 4 is 28.6 Å². The molecule has 0 spiro atoms. The van der Waals surface area contributed by atoms with Gasteiger partial charge in [0.1, 0.15) is 18.0 Å². The van der Waals surface area contributed by atoms with E-state index in [0.717, 1.165) is 27.5 Å². The van der Waals surface area contributed by atoms with Gasteiger partial charge in [0.2, 0.25) is 11.8 Å². The Morgan fingerprint density at radius 1 is 0.881 bits per heavy atom. The van der Waals surface area contributed by atoms with Gasteiger partial charge in [-0.3, -0.25) is 14.5 Å². The van der Waals surface area contributed by atoms with E-state index in [0.29, 0.717) is 13.1 Å². The van der Waals surface area contributed by atoms with Crippen LogP contribution in [0.4, 0.5) is 4.79 Å². The number of nitrogens with zero attached hydrogens (tertiary/aromatic N) is 3. The lowest BCUT2D eigenvalue weighted by Crippen LogP contribution is -2.73. The molecule has 6 rings (SSSR count). The van der Waals surface area contributed by atoms with Crippen LogP contribution in [0.3, 0.4) is 0 Å². The van der Waals surface area contributed by atoms with Gasteiger partial charge < -0.3 is 20.2 Å². The SMILES string of the molecule is C[C@H]1CC(=O)N2[C@H](CN(Cc3cccc4ccccc34)C(=O)[C@@H]2Cc2ccc(O)cc2)N1C(=O)NCc1ccccc1. The molecule has 2 heterocycles. The fourth-order valence-electron chi connectivity index (χ4n) is 6.24. The normalized spacial score (nSPS) is 20.5. The van der Waals surface area contributed by atoms with E-state index in [1.54, 1.807) is 39.0 Å². The maximum atomic E-state index is 14.2. The van der Waals surface area contributed by atoms with Crippen LogP contribution < -0.4 is 5.32 Å². The average molecular weight is 563 g/mol. The maximum absolute atomic E-state index is 14.2. The summed E-state index contributed by atoms with van der Waals surface area (Å²) in [5, 5.41) is 15.0. The van der Waals surface area contributed by atoms with E-state index in [2.05, 4.69) is 11.4 Å². The molecular weight excluding hydrogens is 528 g/mol. The quantitative estimate of drug-likeness (QED) is 0.358. The molecule has 0 aromatic heterocycles. The van der Waals surface area contributed by atoms with Crippen LogP contribution in [0.2, 0.25) is 0 Å². The number of aromatic hydroxyl groups is 1. The van der Waals surface area contributed by atoms with Gasteiger partial charge in [-0.2, -0.15) is 0 Å². The van der Waals surface area contributed by atoms with Crippen molar-refractivity contribution in [2.75, 3.05) is 6.54 Å². The van der Waals surface area contributed by atoms with Gasteiger partial charge in [-0.05, 0) is 46.5 Å². The van der Waals surface area contributed by atoms with E-state index < -0.39 is 12.2 Å². The number of hydrogen-bond acceptors (Lipinski definition) is 4. The van der Waals surface area contributed by atoms with Crippen LogP contribution in [0, 0.1) is 0 Å². The summed E-state index contributed by atoms with van der Waals surface area (Å²) in [5.41, 5.74) is 2.81. The van der Waals surface area contributed by atoms with Crippen LogP contribution >= 0.6 is 0 Å². The number of amides is 4. The van der Waals surface area contributed by atoms with Crippen LogP contribution in [-0.4, -0.2) is 62.4 Å². The highest BCUT2D eigenvalue weighted by atomic mass is 16.3. The number of phenols is 1. The maximum Gasteiger partial charge on any atom is 0.319 e. The van der Waals surface area contributed by atoms with Crippen LogP contribution in [0.15, 0.2) is 97.1 Å². The van der Waals surface area contributed by atoms with Gasteiger partial charge in [-0.25, -0.2) is 4.79 Å². The summed E-state index contributed by atoms with van der Waals surface area (Å²) in [4.78, 5) is 46.6. The predicted octanol–water partition coefficient (Wildman–Crippen LogP) is 4.66. The number of urea groups is 1. The molecule has 0 bridgehead atoms. The Labute approximate surface area is 245 Å². The molecule has 3 atom stereocenters. The van der Waals surface area contributed by atoms with Crippen molar-refractivity contribution in [1.82, 2.24) is 20.0 Å².